The lowest BCUT2D eigenvalue weighted by Gasteiger charge is -2.39. The standard InChI is InChI=1S/C76H126N6O32/c1-12-49(2)76(46-98-37-25-67(94)80-31-19-28-77-64(91)22-13-16-34-101-70-40-58(97-11)73(109-55(8)88)61(112-70)43-104-50(3)83,47-99-38-26-68(95)81-32-20-29-78-65(92)23-14-17-35-102-71-41-59(107-53(6)86)74(110-56(9)89)62(113-71)44-105-51(4)84)48-100-39-27-69(96)82-33-21-30-79-66(93)24-15-18-36-103-72-42-60(108-54(7)87)75(111-57(10)90)63(114-72)45-106-52(5)85/h49,58-63,70-75H,12-48H2,1-11H3,(H,77,91)(H,78,92)(H,79,93)(H,80,94)(H,81,95)(H,82,96)/t49?,58-,59-,60-,61-,62-,63-,70-,71-,72-,73-,74-,75-/m1/s1. The summed E-state index contributed by atoms with van der Waals surface area (Å²) in [6.45, 7) is 15.9. The van der Waals surface area contributed by atoms with Crippen LogP contribution in [0.1, 0.15) is 191 Å². The fourth-order valence-electron chi connectivity index (χ4n) is 12.2. The molecule has 38 heteroatoms. The van der Waals surface area contributed by atoms with Gasteiger partial charge in [-0.05, 0) is 63.7 Å². The maximum atomic E-state index is 13.0. The molecule has 3 fully saturated rings. The summed E-state index contributed by atoms with van der Waals surface area (Å²) in [5.74, 6) is -6.20. The van der Waals surface area contributed by atoms with Crippen LogP contribution in [0.3, 0.4) is 0 Å². The Kier molecular flexibility index (Phi) is 51.1. The summed E-state index contributed by atoms with van der Waals surface area (Å²) in [7, 11) is 1.47. The molecule has 1 unspecified atom stereocenters. The minimum absolute atomic E-state index is 0.0204. The zero-order chi connectivity index (χ0) is 84.2. The molecule has 0 aromatic heterocycles. The highest BCUT2D eigenvalue weighted by Gasteiger charge is 2.47. The number of carbonyl (C=O) groups excluding carboxylic acids is 14. The Morgan fingerprint density at radius 1 is 0.342 bits per heavy atom. The summed E-state index contributed by atoms with van der Waals surface area (Å²) < 4.78 is 102. The molecule has 13 atom stereocenters. The van der Waals surface area contributed by atoms with Gasteiger partial charge in [0.25, 0.3) is 0 Å². The van der Waals surface area contributed by atoms with Crippen molar-refractivity contribution in [2.45, 2.75) is 265 Å². The van der Waals surface area contributed by atoms with E-state index in [0.717, 1.165) is 0 Å². The van der Waals surface area contributed by atoms with Crippen LogP contribution in [-0.4, -0.2) is 283 Å². The summed E-state index contributed by atoms with van der Waals surface area (Å²) in [4.78, 5) is 171. The molecular weight excluding hydrogens is 1510 g/mol. The minimum atomic E-state index is -1.03. The molecule has 0 saturated carbocycles. The summed E-state index contributed by atoms with van der Waals surface area (Å²) >= 11 is 0. The molecule has 3 aliphatic heterocycles. The van der Waals surface area contributed by atoms with Gasteiger partial charge >= 0.3 is 47.8 Å². The van der Waals surface area contributed by atoms with Crippen LogP contribution in [0.15, 0.2) is 0 Å². The minimum Gasteiger partial charge on any atom is -0.463 e. The predicted molar refractivity (Wildman–Crippen MR) is 398 cm³/mol. The highest BCUT2D eigenvalue weighted by molar-refractivity contribution is 5.78. The van der Waals surface area contributed by atoms with E-state index in [1.165, 1.54) is 62.5 Å². The molecule has 0 aromatic carbocycles. The van der Waals surface area contributed by atoms with Crippen molar-refractivity contribution in [3.63, 3.8) is 0 Å². The van der Waals surface area contributed by atoms with E-state index in [9.17, 15) is 67.1 Å². The van der Waals surface area contributed by atoms with Gasteiger partial charge in [-0.3, -0.25) is 67.1 Å². The lowest BCUT2D eigenvalue weighted by molar-refractivity contribution is -0.266. The van der Waals surface area contributed by atoms with Gasteiger partial charge in [-0.25, -0.2) is 0 Å². The summed E-state index contributed by atoms with van der Waals surface area (Å²) in [5, 5.41) is 17.1. The van der Waals surface area contributed by atoms with Crippen LogP contribution >= 0.6 is 0 Å². The van der Waals surface area contributed by atoms with Crippen LogP contribution in [0, 0.1) is 11.3 Å². The Balaban J connectivity index is 1.44. The maximum absolute atomic E-state index is 13.0. The fraction of sp³-hybridized carbons (Fsp3) is 0.816. The summed E-state index contributed by atoms with van der Waals surface area (Å²) in [6, 6.07) is 0. The number of ether oxygens (including phenoxy) is 18. The number of methoxy groups -OCH3 is 1. The predicted octanol–water partition coefficient (Wildman–Crippen LogP) is 2.37. The molecule has 6 N–H and O–H groups in total. The average Bonchev–Trinajstić information content (AvgIpc) is 0.833. The Morgan fingerprint density at radius 2 is 0.605 bits per heavy atom. The molecule has 3 rings (SSSR count). The Bertz CT molecular complexity index is 2820. The van der Waals surface area contributed by atoms with Crippen molar-refractivity contribution in [2.24, 2.45) is 11.3 Å². The molecule has 3 aliphatic rings. The maximum Gasteiger partial charge on any atom is 0.303 e. The van der Waals surface area contributed by atoms with Crippen molar-refractivity contribution in [1.82, 2.24) is 31.9 Å². The SMILES string of the molecule is CCC(C)C(COCCC(=O)NCCCNC(=O)CCCCO[C@H]1C[C@@H](OC)[C@@H](OC(C)=O)[C@@H](COC(C)=O)O1)(COCCC(=O)NCCCNC(=O)CCCCO[C@H]1C[C@@H](OC(C)=O)[C@@H](OC(C)=O)[C@@H](COC(C)=O)O1)COCCC(=O)NCCCNC(=O)CCCCO[C@H]1C[C@@H](OC(C)=O)[C@@H](OC(C)=O)[C@@H](COC(C)=O)O1. The lowest BCUT2D eigenvalue weighted by Crippen LogP contribution is -2.54. The first-order chi connectivity index (χ1) is 54.4. The first-order valence-corrected chi connectivity index (χ1v) is 39.4. The van der Waals surface area contributed by atoms with Crippen molar-refractivity contribution >= 4 is 83.2 Å². The molecule has 0 spiro atoms. The van der Waals surface area contributed by atoms with Gasteiger partial charge in [-0.1, -0.05) is 20.3 Å². The molecule has 652 valence electrons. The van der Waals surface area contributed by atoms with Crippen molar-refractivity contribution in [1.29, 1.82) is 0 Å². The number of unbranched alkanes of at least 4 members (excludes halogenated alkanes) is 3. The fourth-order valence-corrected chi connectivity index (χ4v) is 12.2. The lowest BCUT2D eigenvalue weighted by atomic mass is 9.76. The van der Waals surface area contributed by atoms with Gasteiger partial charge in [0, 0.05) is 185 Å². The Hall–Kier alpha value is -7.82. The third-order valence-corrected chi connectivity index (χ3v) is 18.2. The van der Waals surface area contributed by atoms with Gasteiger partial charge in [-0.15, -0.1) is 0 Å². The highest BCUT2D eigenvalue weighted by Crippen LogP contribution is 2.34. The quantitative estimate of drug-likeness (QED) is 0.0289. The third kappa shape index (κ3) is 44.9. The molecule has 0 aliphatic carbocycles. The molecule has 38 nitrogen and oxygen atoms in total. The van der Waals surface area contributed by atoms with Gasteiger partial charge in [0.15, 0.2) is 37.2 Å². The number of nitrogens with one attached hydrogen (secondary N) is 6. The van der Waals surface area contributed by atoms with E-state index in [1.54, 1.807) is 0 Å². The molecule has 0 bridgehead atoms. The number of carbonyl (C=O) groups is 14. The second-order valence-electron chi connectivity index (χ2n) is 27.9. The van der Waals surface area contributed by atoms with Crippen LogP contribution < -0.4 is 31.9 Å². The van der Waals surface area contributed by atoms with Gasteiger partial charge < -0.3 is 117 Å². The molecule has 0 radical (unpaired) electrons. The van der Waals surface area contributed by atoms with Crippen LogP contribution in [0.25, 0.3) is 0 Å². The van der Waals surface area contributed by atoms with E-state index in [-0.39, 0.29) is 192 Å². The smallest absolute Gasteiger partial charge is 0.303 e. The normalized spacial score (nSPS) is 21.6. The molecule has 6 amide bonds. The van der Waals surface area contributed by atoms with Crippen LogP contribution in [0.5, 0.6) is 0 Å². The van der Waals surface area contributed by atoms with E-state index in [4.69, 9.17) is 85.3 Å². The number of hydrogen-bond donors (Lipinski definition) is 6. The van der Waals surface area contributed by atoms with Gasteiger partial charge in [0.2, 0.25) is 35.4 Å². The van der Waals surface area contributed by atoms with Crippen molar-refractivity contribution in [3.8, 4) is 0 Å². The Morgan fingerprint density at radius 3 is 0.860 bits per heavy atom. The summed E-state index contributed by atoms with van der Waals surface area (Å²) in [6.07, 6.45) is -4.48. The first-order valence-electron chi connectivity index (χ1n) is 39.4. The van der Waals surface area contributed by atoms with E-state index >= 15 is 0 Å². The zero-order valence-electron chi connectivity index (χ0n) is 68.2. The van der Waals surface area contributed by atoms with Gasteiger partial charge in [0.05, 0.1) is 39.6 Å². The third-order valence-electron chi connectivity index (χ3n) is 18.2. The average molecular weight is 1640 g/mol. The second kappa shape index (κ2) is 58.1. The number of hydrogen-bond acceptors (Lipinski definition) is 32. The number of amides is 6. The molecule has 3 saturated heterocycles. The molecule has 3 heterocycles. The summed E-state index contributed by atoms with van der Waals surface area (Å²) in [5.41, 5.74) is -0.783. The topological polar surface area (TPSA) is 477 Å². The molecular formula is C76H126N6O32. The van der Waals surface area contributed by atoms with Crippen molar-refractivity contribution in [3.05, 3.63) is 0 Å². The second-order valence-corrected chi connectivity index (χ2v) is 27.9. The Labute approximate surface area is 667 Å². The molecule has 0 aromatic rings. The van der Waals surface area contributed by atoms with Crippen LogP contribution in [0.2, 0.25) is 0 Å². The monoisotopic (exact) mass is 1630 g/mol. The number of rotatable bonds is 59. The van der Waals surface area contributed by atoms with Gasteiger partial charge in [-0.2, -0.15) is 0 Å². The van der Waals surface area contributed by atoms with Crippen LogP contribution in [0.4, 0.5) is 0 Å². The van der Waals surface area contributed by atoms with E-state index in [2.05, 4.69) is 31.9 Å². The zero-order valence-corrected chi connectivity index (χ0v) is 68.2. The molecule has 114 heavy (non-hydrogen) atoms. The first kappa shape index (κ1) is 100. The number of esters is 8. The van der Waals surface area contributed by atoms with Crippen molar-refractivity contribution < 1.29 is 152 Å². The largest absolute Gasteiger partial charge is 0.463 e. The van der Waals surface area contributed by atoms with Crippen LogP contribution in [-0.2, 0) is 152 Å². The van der Waals surface area contributed by atoms with E-state index < -0.39 is 127 Å². The van der Waals surface area contributed by atoms with E-state index in [0.29, 0.717) is 90.4 Å². The highest BCUT2D eigenvalue weighted by atomic mass is 16.7. The van der Waals surface area contributed by atoms with E-state index in [1.807, 2.05) is 13.8 Å². The van der Waals surface area contributed by atoms with Gasteiger partial charge in [0.1, 0.15) is 56.4 Å². The van der Waals surface area contributed by atoms with Crippen molar-refractivity contribution in [2.75, 3.05) is 126 Å².